The van der Waals surface area contributed by atoms with E-state index in [-0.39, 0.29) is 5.91 Å². The maximum atomic E-state index is 12.2. The van der Waals surface area contributed by atoms with Crippen molar-refractivity contribution in [2.75, 3.05) is 6.54 Å². The Hall–Kier alpha value is -2.82. The van der Waals surface area contributed by atoms with Crippen molar-refractivity contribution in [3.63, 3.8) is 0 Å². The fourth-order valence-corrected chi connectivity index (χ4v) is 2.89. The SMILES string of the molecule is Cc1ccccc1C(=O)NCCn1nc(C)c(-c2ccco2)c1C. The number of aromatic nitrogens is 2. The summed E-state index contributed by atoms with van der Waals surface area (Å²) in [5, 5.41) is 7.51. The third-order valence-corrected chi connectivity index (χ3v) is 4.15. The number of nitrogens with one attached hydrogen (secondary N) is 1. The molecule has 5 nitrogen and oxygen atoms in total. The number of carbonyl (C=O) groups excluding carboxylic acids is 1. The second-order valence-electron chi connectivity index (χ2n) is 5.82. The highest BCUT2D eigenvalue weighted by molar-refractivity contribution is 5.95. The summed E-state index contributed by atoms with van der Waals surface area (Å²) in [7, 11) is 0. The first-order chi connectivity index (χ1) is 11.6. The second-order valence-corrected chi connectivity index (χ2v) is 5.82. The van der Waals surface area contributed by atoms with Gasteiger partial charge in [0.05, 0.1) is 24.1 Å². The third-order valence-electron chi connectivity index (χ3n) is 4.15. The van der Waals surface area contributed by atoms with Gasteiger partial charge < -0.3 is 9.73 Å². The molecule has 1 amide bonds. The van der Waals surface area contributed by atoms with Gasteiger partial charge in [0.25, 0.3) is 5.91 Å². The standard InChI is InChI=1S/C19H21N3O2/c1-13-7-4-5-8-16(13)19(23)20-10-11-22-15(3)18(14(2)21-22)17-9-6-12-24-17/h4-9,12H,10-11H2,1-3H3,(H,20,23). The highest BCUT2D eigenvalue weighted by Crippen LogP contribution is 2.26. The van der Waals surface area contributed by atoms with Gasteiger partial charge in [0.15, 0.2) is 0 Å². The van der Waals surface area contributed by atoms with Crippen molar-refractivity contribution in [2.24, 2.45) is 0 Å². The van der Waals surface area contributed by atoms with E-state index in [0.29, 0.717) is 18.7 Å². The first-order valence-corrected chi connectivity index (χ1v) is 7.99. The quantitative estimate of drug-likeness (QED) is 0.782. The van der Waals surface area contributed by atoms with Crippen molar-refractivity contribution in [3.05, 3.63) is 65.2 Å². The highest BCUT2D eigenvalue weighted by Gasteiger charge is 2.15. The molecule has 2 aromatic heterocycles. The van der Waals surface area contributed by atoms with Crippen LogP contribution >= 0.6 is 0 Å². The molecule has 0 unspecified atom stereocenters. The molecular formula is C19H21N3O2. The van der Waals surface area contributed by atoms with E-state index in [2.05, 4.69) is 10.4 Å². The largest absolute Gasteiger partial charge is 0.464 e. The van der Waals surface area contributed by atoms with E-state index in [0.717, 1.165) is 28.3 Å². The number of furan rings is 1. The lowest BCUT2D eigenvalue weighted by atomic mass is 10.1. The van der Waals surface area contributed by atoms with Crippen molar-refractivity contribution in [2.45, 2.75) is 27.3 Å². The van der Waals surface area contributed by atoms with Crippen molar-refractivity contribution in [1.29, 1.82) is 0 Å². The first-order valence-electron chi connectivity index (χ1n) is 7.99. The minimum absolute atomic E-state index is 0.0547. The third kappa shape index (κ3) is 3.11. The van der Waals surface area contributed by atoms with Crippen molar-refractivity contribution >= 4 is 5.91 Å². The molecule has 0 aliphatic carbocycles. The van der Waals surface area contributed by atoms with Crippen molar-refractivity contribution in [1.82, 2.24) is 15.1 Å². The zero-order chi connectivity index (χ0) is 17.1. The summed E-state index contributed by atoms with van der Waals surface area (Å²) in [4.78, 5) is 12.2. The van der Waals surface area contributed by atoms with Crippen LogP contribution in [0.4, 0.5) is 0 Å². The summed E-state index contributed by atoms with van der Waals surface area (Å²) in [6.45, 7) is 7.05. The molecule has 5 heteroatoms. The van der Waals surface area contributed by atoms with Gasteiger partial charge in [0.1, 0.15) is 5.76 Å². The molecule has 124 valence electrons. The first kappa shape index (κ1) is 16.1. The minimum Gasteiger partial charge on any atom is -0.464 e. The molecule has 0 atom stereocenters. The maximum Gasteiger partial charge on any atom is 0.251 e. The predicted molar refractivity (Wildman–Crippen MR) is 92.9 cm³/mol. The molecule has 1 N–H and O–H groups in total. The lowest BCUT2D eigenvalue weighted by molar-refractivity contribution is 0.0951. The Morgan fingerprint density at radius 1 is 1.17 bits per heavy atom. The molecule has 0 aliphatic rings. The Morgan fingerprint density at radius 2 is 1.96 bits per heavy atom. The van der Waals surface area contributed by atoms with Gasteiger partial charge in [0.2, 0.25) is 0 Å². The normalized spacial score (nSPS) is 10.8. The molecule has 0 spiro atoms. The van der Waals surface area contributed by atoms with Gasteiger partial charge in [-0.3, -0.25) is 9.48 Å². The molecule has 0 saturated carbocycles. The molecule has 0 saturated heterocycles. The Balaban J connectivity index is 1.67. The Bertz CT molecular complexity index is 848. The smallest absolute Gasteiger partial charge is 0.251 e. The number of aryl methyl sites for hydroxylation is 2. The summed E-state index contributed by atoms with van der Waals surface area (Å²) >= 11 is 0. The minimum atomic E-state index is -0.0547. The fourth-order valence-electron chi connectivity index (χ4n) is 2.89. The highest BCUT2D eigenvalue weighted by atomic mass is 16.3. The Morgan fingerprint density at radius 3 is 2.67 bits per heavy atom. The van der Waals surface area contributed by atoms with Crippen LogP contribution < -0.4 is 5.32 Å². The van der Waals surface area contributed by atoms with Gasteiger partial charge in [-0.1, -0.05) is 18.2 Å². The number of hydrogen-bond acceptors (Lipinski definition) is 3. The molecule has 0 aliphatic heterocycles. The van der Waals surface area contributed by atoms with Crippen LogP contribution in [-0.4, -0.2) is 22.2 Å². The van der Waals surface area contributed by atoms with Crippen molar-refractivity contribution < 1.29 is 9.21 Å². The van der Waals surface area contributed by atoms with Gasteiger partial charge in [-0.15, -0.1) is 0 Å². The van der Waals surface area contributed by atoms with Gasteiger partial charge >= 0.3 is 0 Å². The fraction of sp³-hybridized carbons (Fsp3) is 0.263. The topological polar surface area (TPSA) is 60.1 Å². The van der Waals surface area contributed by atoms with Gasteiger partial charge in [-0.05, 0) is 44.5 Å². The zero-order valence-electron chi connectivity index (χ0n) is 14.2. The van der Waals surface area contributed by atoms with E-state index in [1.54, 1.807) is 6.26 Å². The van der Waals surface area contributed by atoms with Crippen LogP contribution in [-0.2, 0) is 6.54 Å². The molecule has 0 fully saturated rings. The van der Waals surface area contributed by atoms with Crippen LogP contribution in [0.1, 0.15) is 27.3 Å². The summed E-state index contributed by atoms with van der Waals surface area (Å²) in [6.07, 6.45) is 1.66. The van der Waals surface area contributed by atoms with E-state index < -0.39 is 0 Å². The number of nitrogens with zero attached hydrogens (tertiary/aromatic N) is 2. The molecule has 24 heavy (non-hydrogen) atoms. The van der Waals surface area contributed by atoms with Crippen molar-refractivity contribution in [3.8, 4) is 11.3 Å². The van der Waals surface area contributed by atoms with Crippen LogP contribution in [0.25, 0.3) is 11.3 Å². The predicted octanol–water partition coefficient (Wildman–Crippen LogP) is 3.50. The van der Waals surface area contributed by atoms with Crippen LogP contribution in [0, 0.1) is 20.8 Å². The van der Waals surface area contributed by atoms with E-state index in [1.165, 1.54) is 0 Å². The van der Waals surface area contributed by atoms with Gasteiger partial charge in [-0.25, -0.2) is 0 Å². The maximum absolute atomic E-state index is 12.2. The molecule has 2 heterocycles. The van der Waals surface area contributed by atoms with E-state index in [1.807, 2.05) is 61.9 Å². The summed E-state index contributed by atoms with van der Waals surface area (Å²) in [6, 6.07) is 11.4. The zero-order valence-corrected chi connectivity index (χ0v) is 14.2. The van der Waals surface area contributed by atoms with Gasteiger partial charge in [-0.2, -0.15) is 5.10 Å². The summed E-state index contributed by atoms with van der Waals surface area (Å²) < 4.78 is 7.39. The molecule has 3 aromatic rings. The van der Waals surface area contributed by atoms with Gasteiger partial charge in [0, 0.05) is 17.8 Å². The lowest BCUT2D eigenvalue weighted by Gasteiger charge is -2.09. The number of hydrogen-bond donors (Lipinski definition) is 1. The van der Waals surface area contributed by atoms with E-state index >= 15 is 0 Å². The molecule has 0 bridgehead atoms. The number of carbonyl (C=O) groups is 1. The molecule has 1 aromatic carbocycles. The van der Waals surface area contributed by atoms with Crippen LogP contribution in [0.2, 0.25) is 0 Å². The van der Waals surface area contributed by atoms with Crippen LogP contribution in [0.5, 0.6) is 0 Å². The number of rotatable bonds is 5. The second kappa shape index (κ2) is 6.74. The Kier molecular flexibility index (Phi) is 4.51. The number of amides is 1. The van der Waals surface area contributed by atoms with E-state index in [9.17, 15) is 4.79 Å². The Labute approximate surface area is 141 Å². The van der Waals surface area contributed by atoms with E-state index in [4.69, 9.17) is 4.42 Å². The average molecular weight is 323 g/mol. The lowest BCUT2D eigenvalue weighted by Crippen LogP contribution is -2.28. The number of benzene rings is 1. The summed E-state index contributed by atoms with van der Waals surface area (Å²) in [5.41, 5.74) is 4.66. The monoisotopic (exact) mass is 323 g/mol. The molecule has 0 radical (unpaired) electrons. The average Bonchev–Trinajstić information content (AvgIpc) is 3.16. The molecular weight excluding hydrogens is 302 g/mol. The molecule has 3 rings (SSSR count). The van der Waals surface area contributed by atoms with Crippen LogP contribution in [0.15, 0.2) is 47.1 Å². The summed E-state index contributed by atoms with van der Waals surface area (Å²) in [5.74, 6) is 0.765. The van der Waals surface area contributed by atoms with Crippen LogP contribution in [0.3, 0.4) is 0 Å².